The van der Waals surface area contributed by atoms with Gasteiger partial charge in [-0.15, -0.1) is 5.10 Å². The molecule has 0 radical (unpaired) electrons. The molecular weight excluding hydrogens is 1170 g/mol. The number of carbonyl (C=O) groups is 6. The number of nitrogens with zero attached hydrogens (tertiary/aromatic N) is 9. The van der Waals surface area contributed by atoms with Crippen molar-refractivity contribution in [1.29, 1.82) is 0 Å². The van der Waals surface area contributed by atoms with Gasteiger partial charge in [-0.1, -0.05) is 53.2 Å². The average molecular weight is 1250 g/mol. The molecule has 0 fully saturated rings. The zero-order valence-corrected chi connectivity index (χ0v) is 52.7. The minimum Gasteiger partial charge on any atom is -0.458 e. The van der Waals surface area contributed by atoms with E-state index in [0.29, 0.717) is 91.3 Å². The van der Waals surface area contributed by atoms with Crippen LogP contribution in [0.25, 0.3) is 33.5 Å². The Hall–Kier alpha value is -7.95. The summed E-state index contributed by atoms with van der Waals surface area (Å²) in [4.78, 5) is 112. The number of aryl methyl sites for hydroxylation is 1. The van der Waals surface area contributed by atoms with Gasteiger partial charge in [-0.25, -0.2) is 28.2 Å². The second kappa shape index (κ2) is 30.5. The van der Waals surface area contributed by atoms with E-state index in [9.17, 15) is 47.1 Å². The van der Waals surface area contributed by atoms with Crippen LogP contribution in [-0.4, -0.2) is 171 Å². The Morgan fingerprint density at radius 3 is 2.26 bits per heavy atom. The molecular formula is C61H83N13O14S. The van der Waals surface area contributed by atoms with Gasteiger partial charge in [-0.05, 0) is 107 Å². The highest BCUT2D eigenvalue weighted by Crippen LogP contribution is 2.43. The zero-order valence-electron chi connectivity index (χ0n) is 51.9. The summed E-state index contributed by atoms with van der Waals surface area (Å²) >= 11 is 0. The number of pyridine rings is 2. The number of cyclic esters (lactones) is 1. The number of benzene rings is 1. The molecule has 0 saturated heterocycles. The van der Waals surface area contributed by atoms with Crippen molar-refractivity contribution in [1.82, 2.24) is 65.6 Å². The minimum atomic E-state index is -3.55. The molecule has 482 valence electrons. The van der Waals surface area contributed by atoms with Gasteiger partial charge in [0.15, 0.2) is 17.1 Å². The Morgan fingerprint density at radius 2 is 1.56 bits per heavy atom. The highest BCUT2D eigenvalue weighted by molar-refractivity contribution is 7.90. The summed E-state index contributed by atoms with van der Waals surface area (Å²) in [6.07, 6.45) is 12.1. The van der Waals surface area contributed by atoms with Crippen LogP contribution in [0, 0.1) is 5.92 Å². The van der Waals surface area contributed by atoms with Gasteiger partial charge in [0.05, 0.1) is 41.8 Å². The number of ether oxygens (including phenoxy) is 4. The molecule has 0 bridgehead atoms. The number of amides is 5. The maximum Gasteiger partial charge on any atom is 0.343 e. The smallest absolute Gasteiger partial charge is 0.343 e. The summed E-state index contributed by atoms with van der Waals surface area (Å²) in [6.45, 7) is 14.0. The van der Waals surface area contributed by atoms with E-state index in [1.807, 2.05) is 13.0 Å². The third-order valence-corrected chi connectivity index (χ3v) is 17.0. The molecule has 5 aromatic rings. The van der Waals surface area contributed by atoms with Crippen LogP contribution in [0.2, 0.25) is 0 Å². The van der Waals surface area contributed by atoms with Crippen LogP contribution in [0.1, 0.15) is 134 Å². The van der Waals surface area contributed by atoms with Crippen molar-refractivity contribution in [3.63, 3.8) is 0 Å². The molecule has 0 unspecified atom stereocenters. The molecule has 27 nitrogen and oxygen atoms in total. The summed E-state index contributed by atoms with van der Waals surface area (Å²) < 4.78 is 49.0. The van der Waals surface area contributed by atoms with Crippen LogP contribution in [-0.2, 0) is 79.8 Å². The number of esters is 1. The number of rotatable bonds is 34. The fraction of sp³-hybridized carbons (Fsp3) is 0.574. The monoisotopic (exact) mass is 1250 g/mol. The maximum absolute atomic E-state index is 14.1. The van der Waals surface area contributed by atoms with Gasteiger partial charge in [-0.3, -0.25) is 33.4 Å². The zero-order chi connectivity index (χ0) is 64.0. The van der Waals surface area contributed by atoms with Crippen molar-refractivity contribution in [3.8, 4) is 34.1 Å². The predicted octanol–water partition coefficient (Wildman–Crippen LogP) is 3.43. The van der Waals surface area contributed by atoms with E-state index in [4.69, 9.17) is 23.9 Å². The van der Waals surface area contributed by atoms with E-state index in [1.54, 1.807) is 53.2 Å². The molecule has 5 N–H and O–H groups in total. The van der Waals surface area contributed by atoms with Gasteiger partial charge in [-0.2, -0.15) is 0 Å². The summed E-state index contributed by atoms with van der Waals surface area (Å²) in [5.41, 5.74) is 2.04. The van der Waals surface area contributed by atoms with Crippen LogP contribution >= 0.6 is 0 Å². The second-order valence-corrected chi connectivity index (χ2v) is 25.0. The third-order valence-electron chi connectivity index (χ3n) is 16.1. The molecule has 89 heavy (non-hydrogen) atoms. The van der Waals surface area contributed by atoms with Crippen molar-refractivity contribution in [2.24, 2.45) is 5.92 Å². The Bertz CT molecular complexity index is 3550. The van der Waals surface area contributed by atoms with Gasteiger partial charge in [0.1, 0.15) is 37.7 Å². The maximum atomic E-state index is 14.1. The Morgan fingerprint density at radius 1 is 0.831 bits per heavy atom. The van der Waals surface area contributed by atoms with Crippen molar-refractivity contribution in [2.45, 2.75) is 161 Å². The number of hydrogen-bond donors (Lipinski definition) is 5. The number of nitrogens with one attached hydrogen (secondary N) is 4. The summed E-state index contributed by atoms with van der Waals surface area (Å²) in [5, 5.41) is 31.2. The quantitative estimate of drug-likeness (QED) is 0.0167. The highest BCUT2D eigenvalue weighted by atomic mass is 32.2. The molecule has 3 aliphatic rings. The van der Waals surface area contributed by atoms with Crippen LogP contribution in [0.5, 0.6) is 11.5 Å². The molecule has 0 saturated carbocycles. The first kappa shape index (κ1) is 67.0. The molecule has 5 amide bonds. The normalized spacial score (nSPS) is 15.5. The van der Waals surface area contributed by atoms with Crippen molar-refractivity contribution >= 4 is 56.2 Å². The van der Waals surface area contributed by atoms with E-state index in [0.717, 1.165) is 61.7 Å². The fourth-order valence-corrected chi connectivity index (χ4v) is 11.8. The van der Waals surface area contributed by atoms with E-state index >= 15 is 0 Å². The molecule has 1 aromatic carbocycles. The van der Waals surface area contributed by atoms with Gasteiger partial charge < -0.3 is 59.7 Å². The molecule has 4 aromatic heterocycles. The predicted molar refractivity (Wildman–Crippen MR) is 325 cm³/mol. The number of aliphatic hydroxyl groups is 1. The van der Waals surface area contributed by atoms with E-state index in [1.165, 1.54) is 12.4 Å². The van der Waals surface area contributed by atoms with E-state index in [-0.39, 0.29) is 93.1 Å². The summed E-state index contributed by atoms with van der Waals surface area (Å²) in [6, 6.07) is 3.30. The average Bonchev–Trinajstić information content (AvgIpc) is 1.66. The molecule has 3 atom stereocenters. The number of hydrogen-bond acceptors (Lipinski definition) is 20. The topological polar surface area (TPSA) is 340 Å². The number of unbranched alkanes of at least 4 members (excludes halogenated alkanes) is 3. The van der Waals surface area contributed by atoms with Crippen LogP contribution < -0.4 is 36.3 Å². The lowest BCUT2D eigenvalue weighted by molar-refractivity contribution is -0.172. The van der Waals surface area contributed by atoms with E-state index in [2.05, 4.69) is 60.3 Å². The first-order chi connectivity index (χ1) is 42.7. The number of sulfone groups is 1. The Labute approximate surface area is 517 Å². The van der Waals surface area contributed by atoms with Gasteiger partial charge >= 0.3 is 5.97 Å². The van der Waals surface area contributed by atoms with Gasteiger partial charge in [0.2, 0.25) is 51.3 Å². The largest absolute Gasteiger partial charge is 0.458 e. The van der Waals surface area contributed by atoms with Crippen molar-refractivity contribution < 1.29 is 61.2 Å². The first-order valence-electron chi connectivity index (χ1n) is 30.7. The molecule has 28 heteroatoms. The van der Waals surface area contributed by atoms with Crippen LogP contribution in [0.3, 0.4) is 0 Å². The number of aromatic nitrogens is 7. The van der Waals surface area contributed by atoms with Gasteiger partial charge in [0.25, 0.3) is 5.56 Å². The Balaban J connectivity index is 0.828. The number of fused-ring (bicyclic) bond motifs is 6. The van der Waals surface area contributed by atoms with Crippen molar-refractivity contribution in [3.05, 3.63) is 69.4 Å². The highest BCUT2D eigenvalue weighted by Gasteiger charge is 2.46. The molecule has 7 heterocycles. The molecule has 8 rings (SSSR count). The standard InChI is InChI=1S/C61H83N13O14S/c1-8-20-71(21-9-2)23-16-14-17-45(67-57(79)54(38(5)6)68-51(75)18-13-12-15-24-73-33-47(69-70-73)39-29-63-60(64-30-39)89(7,83)84)56(78)62-31-52(76)65-36-85-35-53(77)72(22-10-3)25-19-40-41-26-49-50(88-37-87-49)28-46(41)66-55-42(40)32-74-48(55)27-44-43(58(74)80)34-86-59(81)61(44,82)11-4/h26-30,33,38,45,54,82H,8-25,31-32,34-37H2,1-7H3,(H,62,78)(H,65,76)(H,67,79)(H,68,75)/t45-,54-,61-/m0/s1. The lowest BCUT2D eigenvalue weighted by Crippen LogP contribution is -2.56. The lowest BCUT2D eigenvalue weighted by atomic mass is 9.86. The lowest BCUT2D eigenvalue weighted by Gasteiger charge is -2.31. The molecule has 0 aliphatic carbocycles. The fourth-order valence-electron chi connectivity index (χ4n) is 11.3. The molecule has 0 spiro atoms. The van der Waals surface area contributed by atoms with Crippen LogP contribution in [0.15, 0.2) is 46.7 Å². The molecule has 3 aliphatic heterocycles. The summed E-state index contributed by atoms with van der Waals surface area (Å²) in [7, 11) is -3.55. The second-order valence-electron chi connectivity index (χ2n) is 23.1. The SMILES string of the molecule is CCCN(CCC)CCCC[C@H](NC(=O)[C@@H](NC(=O)CCCCCn1cc(-c2cnc(S(C)(=O)=O)nc2)nn1)C(C)C)C(=O)NCC(=O)NCOCC(=O)N(CCC)CCc1c2c(nc3cc4c(cc13)OCO4)-c1cc3c(c(=O)n1C2)COC(=O)[C@]3(O)CC. The van der Waals surface area contributed by atoms with Crippen LogP contribution in [0.4, 0.5) is 0 Å². The number of carbonyl (C=O) groups excluding carboxylic acids is 6. The Kier molecular flexibility index (Phi) is 23.0. The van der Waals surface area contributed by atoms with Gasteiger partial charge in [0, 0.05) is 72.8 Å². The van der Waals surface area contributed by atoms with Crippen molar-refractivity contribution in [2.75, 3.05) is 65.7 Å². The first-order valence-corrected chi connectivity index (χ1v) is 32.6. The minimum absolute atomic E-state index is 0.00578. The third kappa shape index (κ3) is 16.5. The van der Waals surface area contributed by atoms with E-state index < -0.39 is 63.3 Å². The summed E-state index contributed by atoms with van der Waals surface area (Å²) in [5.74, 6) is -2.49.